The van der Waals surface area contributed by atoms with Crippen LogP contribution < -0.4 is 15.4 Å². The lowest BCUT2D eigenvalue weighted by atomic mass is 10.2. The molecule has 1 aromatic rings. The minimum Gasteiger partial charge on any atom is -0.497 e. The predicted molar refractivity (Wildman–Crippen MR) is 80.0 cm³/mol. The Kier molecular flexibility index (Phi) is 5.48. The van der Waals surface area contributed by atoms with Crippen LogP contribution in [-0.4, -0.2) is 50.8 Å². The number of hydrogen-bond donors (Lipinski definition) is 2. The molecule has 0 aliphatic carbocycles. The van der Waals surface area contributed by atoms with Crippen LogP contribution >= 0.6 is 0 Å². The van der Waals surface area contributed by atoms with E-state index in [0.29, 0.717) is 6.04 Å². The van der Waals surface area contributed by atoms with Gasteiger partial charge in [0.15, 0.2) is 0 Å². The average molecular weight is 263 g/mol. The third kappa shape index (κ3) is 4.40. The van der Waals surface area contributed by atoms with Gasteiger partial charge in [0.05, 0.1) is 7.11 Å². The van der Waals surface area contributed by atoms with Crippen molar-refractivity contribution in [2.45, 2.75) is 19.4 Å². The van der Waals surface area contributed by atoms with Crippen LogP contribution in [0.1, 0.15) is 13.3 Å². The van der Waals surface area contributed by atoms with Crippen LogP contribution in [0.15, 0.2) is 24.3 Å². The highest BCUT2D eigenvalue weighted by Crippen LogP contribution is 2.16. The van der Waals surface area contributed by atoms with E-state index in [1.54, 1.807) is 7.11 Å². The first kappa shape index (κ1) is 14.2. The van der Waals surface area contributed by atoms with Gasteiger partial charge < -0.3 is 15.4 Å². The molecular formula is C15H25N3O. The summed E-state index contributed by atoms with van der Waals surface area (Å²) in [6.07, 6.45) is 1.17. The van der Waals surface area contributed by atoms with Crippen molar-refractivity contribution in [1.29, 1.82) is 0 Å². The van der Waals surface area contributed by atoms with E-state index in [1.165, 1.54) is 19.5 Å². The molecule has 19 heavy (non-hydrogen) atoms. The second-order valence-electron chi connectivity index (χ2n) is 5.10. The Hall–Kier alpha value is -1.26. The first-order valence-electron chi connectivity index (χ1n) is 7.12. The van der Waals surface area contributed by atoms with Gasteiger partial charge in [-0.3, -0.25) is 4.90 Å². The number of nitrogens with one attached hydrogen (secondary N) is 2. The van der Waals surface area contributed by atoms with Crippen LogP contribution in [0.4, 0.5) is 5.69 Å². The van der Waals surface area contributed by atoms with Crippen molar-refractivity contribution < 1.29 is 4.74 Å². The van der Waals surface area contributed by atoms with E-state index in [1.807, 2.05) is 18.2 Å². The summed E-state index contributed by atoms with van der Waals surface area (Å²) in [6, 6.07) is 8.75. The molecule has 0 radical (unpaired) electrons. The minimum absolute atomic E-state index is 0.658. The summed E-state index contributed by atoms with van der Waals surface area (Å²) >= 11 is 0. The monoisotopic (exact) mass is 263 g/mol. The molecule has 2 rings (SSSR count). The predicted octanol–water partition coefficient (Wildman–Crippen LogP) is 1.79. The van der Waals surface area contributed by atoms with Gasteiger partial charge >= 0.3 is 0 Å². The zero-order valence-corrected chi connectivity index (χ0v) is 12.0. The zero-order valence-electron chi connectivity index (χ0n) is 12.0. The standard InChI is InChI=1S/C15H25N3O/c1-13-12-16-8-10-18(13)9-4-7-17-14-5-3-6-15(11-14)19-2/h3,5-6,11,13,16-17H,4,7-10,12H2,1-2H3. The van der Waals surface area contributed by atoms with Gasteiger partial charge in [-0.25, -0.2) is 0 Å². The number of piperazine rings is 1. The fraction of sp³-hybridized carbons (Fsp3) is 0.600. The molecule has 1 unspecified atom stereocenters. The lowest BCUT2D eigenvalue weighted by Crippen LogP contribution is -2.50. The second kappa shape index (κ2) is 7.36. The normalized spacial score (nSPS) is 20.2. The molecule has 4 nitrogen and oxygen atoms in total. The van der Waals surface area contributed by atoms with Crippen molar-refractivity contribution >= 4 is 5.69 Å². The van der Waals surface area contributed by atoms with E-state index in [9.17, 15) is 0 Å². The number of rotatable bonds is 6. The van der Waals surface area contributed by atoms with Crippen LogP contribution in [0.2, 0.25) is 0 Å². The van der Waals surface area contributed by atoms with Crippen LogP contribution in [0.5, 0.6) is 5.75 Å². The summed E-state index contributed by atoms with van der Waals surface area (Å²) in [4.78, 5) is 2.56. The van der Waals surface area contributed by atoms with Crippen molar-refractivity contribution in [2.75, 3.05) is 45.2 Å². The fourth-order valence-electron chi connectivity index (χ4n) is 2.46. The molecule has 1 aromatic carbocycles. The van der Waals surface area contributed by atoms with Crippen molar-refractivity contribution in [3.63, 3.8) is 0 Å². The smallest absolute Gasteiger partial charge is 0.120 e. The van der Waals surface area contributed by atoms with Gasteiger partial charge in [-0.2, -0.15) is 0 Å². The molecule has 1 fully saturated rings. The molecule has 2 N–H and O–H groups in total. The number of ether oxygens (including phenoxy) is 1. The van der Waals surface area contributed by atoms with Gasteiger partial charge in [-0.1, -0.05) is 6.07 Å². The van der Waals surface area contributed by atoms with Crippen LogP contribution in [-0.2, 0) is 0 Å². The number of nitrogens with zero attached hydrogens (tertiary/aromatic N) is 1. The number of anilines is 1. The summed E-state index contributed by atoms with van der Waals surface area (Å²) in [5.41, 5.74) is 1.13. The van der Waals surface area contributed by atoms with Crippen LogP contribution in [0.25, 0.3) is 0 Å². The van der Waals surface area contributed by atoms with Crippen molar-refractivity contribution in [1.82, 2.24) is 10.2 Å². The van der Waals surface area contributed by atoms with E-state index in [4.69, 9.17) is 4.74 Å². The van der Waals surface area contributed by atoms with Gasteiger partial charge in [-0.05, 0) is 25.5 Å². The molecule has 1 aliphatic heterocycles. The first-order valence-corrected chi connectivity index (χ1v) is 7.12. The second-order valence-corrected chi connectivity index (χ2v) is 5.10. The third-order valence-corrected chi connectivity index (χ3v) is 3.66. The highest BCUT2D eigenvalue weighted by Gasteiger charge is 2.16. The minimum atomic E-state index is 0.658. The maximum atomic E-state index is 5.22. The molecule has 4 heteroatoms. The Bertz CT molecular complexity index is 383. The Morgan fingerprint density at radius 3 is 3.16 bits per heavy atom. The molecule has 1 aliphatic rings. The Balaban J connectivity index is 1.68. The van der Waals surface area contributed by atoms with Gasteiger partial charge in [0.25, 0.3) is 0 Å². The van der Waals surface area contributed by atoms with Crippen LogP contribution in [0.3, 0.4) is 0 Å². The van der Waals surface area contributed by atoms with E-state index >= 15 is 0 Å². The van der Waals surface area contributed by atoms with Crippen LogP contribution in [0, 0.1) is 0 Å². The van der Waals surface area contributed by atoms with Crippen molar-refractivity contribution in [3.8, 4) is 5.75 Å². The Labute approximate surface area is 116 Å². The topological polar surface area (TPSA) is 36.5 Å². The molecule has 1 atom stereocenters. The van der Waals surface area contributed by atoms with Crippen molar-refractivity contribution in [2.24, 2.45) is 0 Å². The molecule has 0 spiro atoms. The van der Waals surface area contributed by atoms with E-state index in [-0.39, 0.29) is 0 Å². The fourth-order valence-corrected chi connectivity index (χ4v) is 2.46. The molecule has 0 amide bonds. The number of benzene rings is 1. The van der Waals surface area contributed by atoms with Gasteiger partial charge in [0.2, 0.25) is 0 Å². The van der Waals surface area contributed by atoms with E-state index in [0.717, 1.165) is 31.1 Å². The molecular weight excluding hydrogens is 238 g/mol. The highest BCUT2D eigenvalue weighted by atomic mass is 16.5. The first-order chi connectivity index (χ1) is 9.29. The molecule has 0 aromatic heterocycles. The Morgan fingerprint density at radius 2 is 2.37 bits per heavy atom. The lowest BCUT2D eigenvalue weighted by Gasteiger charge is -2.33. The van der Waals surface area contributed by atoms with Gasteiger partial charge in [0.1, 0.15) is 5.75 Å². The van der Waals surface area contributed by atoms with Gasteiger partial charge in [-0.15, -0.1) is 0 Å². The molecule has 1 heterocycles. The summed E-state index contributed by atoms with van der Waals surface area (Å²) < 4.78 is 5.22. The highest BCUT2D eigenvalue weighted by molar-refractivity contribution is 5.47. The Morgan fingerprint density at radius 1 is 1.47 bits per heavy atom. The number of methoxy groups -OCH3 is 1. The zero-order chi connectivity index (χ0) is 13.5. The summed E-state index contributed by atoms with van der Waals surface area (Å²) in [5.74, 6) is 0.903. The van der Waals surface area contributed by atoms with E-state index < -0.39 is 0 Å². The molecule has 0 bridgehead atoms. The average Bonchev–Trinajstić information content (AvgIpc) is 2.45. The van der Waals surface area contributed by atoms with Crippen molar-refractivity contribution in [3.05, 3.63) is 24.3 Å². The lowest BCUT2D eigenvalue weighted by molar-refractivity contribution is 0.173. The summed E-state index contributed by atoms with van der Waals surface area (Å²) in [7, 11) is 1.70. The molecule has 0 saturated carbocycles. The third-order valence-electron chi connectivity index (χ3n) is 3.66. The summed E-state index contributed by atoms with van der Waals surface area (Å²) in [6.45, 7) is 7.86. The SMILES string of the molecule is COc1cccc(NCCCN2CCNCC2C)c1. The number of hydrogen-bond acceptors (Lipinski definition) is 4. The van der Waals surface area contributed by atoms with E-state index in [2.05, 4.69) is 28.5 Å². The maximum absolute atomic E-state index is 5.22. The molecule has 1 saturated heterocycles. The largest absolute Gasteiger partial charge is 0.497 e. The quantitative estimate of drug-likeness (QED) is 0.767. The summed E-state index contributed by atoms with van der Waals surface area (Å²) in [5, 5.41) is 6.87. The van der Waals surface area contributed by atoms with Gasteiger partial charge in [0, 0.05) is 50.5 Å². The molecule has 106 valence electrons. The maximum Gasteiger partial charge on any atom is 0.120 e.